The molecule has 0 aliphatic heterocycles. The summed E-state index contributed by atoms with van der Waals surface area (Å²) in [4.78, 5) is 11.7. The first-order chi connectivity index (χ1) is 9.19. The normalized spacial score (nSPS) is 10.4. The van der Waals surface area contributed by atoms with Gasteiger partial charge >= 0.3 is 0 Å². The Morgan fingerprint density at radius 2 is 2.21 bits per heavy atom. The number of amides is 1. The highest BCUT2D eigenvalue weighted by atomic mass is 19.1. The Kier molecular flexibility index (Phi) is 4.19. The van der Waals surface area contributed by atoms with E-state index in [2.05, 4.69) is 15.6 Å². The molecule has 1 heterocycles. The summed E-state index contributed by atoms with van der Waals surface area (Å²) in [6.45, 7) is -0.0904. The quantitative estimate of drug-likeness (QED) is 0.828. The molecule has 19 heavy (non-hydrogen) atoms. The van der Waals surface area contributed by atoms with E-state index < -0.39 is 11.7 Å². The summed E-state index contributed by atoms with van der Waals surface area (Å²) >= 11 is 0. The Hall–Kier alpha value is -2.28. The lowest BCUT2D eigenvalue weighted by atomic mass is 10.3. The molecular formula is C12H13FN4O2. The van der Waals surface area contributed by atoms with Crippen LogP contribution < -0.4 is 5.32 Å². The number of para-hydroxylation sites is 1. The number of aliphatic hydroxyl groups is 1. The average molecular weight is 264 g/mol. The van der Waals surface area contributed by atoms with E-state index in [0.29, 0.717) is 12.1 Å². The number of nitrogens with zero attached hydrogens (tertiary/aromatic N) is 3. The number of aromatic nitrogens is 3. The number of carbonyl (C=O) groups excluding carboxylic acids is 1. The van der Waals surface area contributed by atoms with Gasteiger partial charge in [-0.25, -0.2) is 9.07 Å². The maximum atomic E-state index is 13.3. The molecule has 0 saturated carbocycles. The predicted octanol–water partition coefficient (Wildman–Crippen LogP) is 0.591. The maximum absolute atomic E-state index is 13.3. The summed E-state index contributed by atoms with van der Waals surface area (Å²) < 4.78 is 14.7. The van der Waals surface area contributed by atoms with Gasteiger partial charge in [0.15, 0.2) is 0 Å². The summed E-state index contributed by atoms with van der Waals surface area (Å²) in [6, 6.07) is 5.92. The van der Waals surface area contributed by atoms with E-state index in [9.17, 15) is 9.18 Å². The van der Waals surface area contributed by atoms with Crippen LogP contribution in [-0.4, -0.2) is 32.6 Å². The SMILES string of the molecule is O=C(Cn1cc(CCO)nn1)Nc1ccccc1F. The van der Waals surface area contributed by atoms with E-state index in [-0.39, 0.29) is 18.8 Å². The molecule has 0 radical (unpaired) electrons. The lowest BCUT2D eigenvalue weighted by molar-refractivity contribution is -0.116. The molecule has 0 bridgehead atoms. The van der Waals surface area contributed by atoms with Crippen LogP contribution in [0.4, 0.5) is 10.1 Å². The smallest absolute Gasteiger partial charge is 0.246 e. The summed E-state index contributed by atoms with van der Waals surface area (Å²) in [5.41, 5.74) is 0.726. The molecule has 0 aliphatic rings. The van der Waals surface area contributed by atoms with Crippen LogP contribution >= 0.6 is 0 Å². The van der Waals surface area contributed by atoms with Crippen molar-refractivity contribution in [1.82, 2.24) is 15.0 Å². The predicted molar refractivity (Wildman–Crippen MR) is 65.8 cm³/mol. The van der Waals surface area contributed by atoms with Crippen molar-refractivity contribution >= 4 is 11.6 Å². The molecule has 0 spiro atoms. The number of carbonyl (C=O) groups is 1. The molecule has 2 N–H and O–H groups in total. The fraction of sp³-hybridized carbons (Fsp3) is 0.250. The highest BCUT2D eigenvalue weighted by Gasteiger charge is 2.08. The van der Waals surface area contributed by atoms with Crippen LogP contribution in [-0.2, 0) is 17.8 Å². The molecule has 7 heteroatoms. The fourth-order valence-electron chi connectivity index (χ4n) is 1.54. The van der Waals surface area contributed by atoms with Gasteiger partial charge in [-0.05, 0) is 12.1 Å². The molecule has 2 aromatic rings. The van der Waals surface area contributed by atoms with E-state index in [1.807, 2.05) is 0 Å². The van der Waals surface area contributed by atoms with Gasteiger partial charge in [-0.15, -0.1) is 5.10 Å². The van der Waals surface area contributed by atoms with Crippen molar-refractivity contribution in [2.24, 2.45) is 0 Å². The summed E-state index contributed by atoms with van der Waals surface area (Å²) in [5, 5.41) is 18.7. The van der Waals surface area contributed by atoms with Gasteiger partial charge in [0.1, 0.15) is 12.4 Å². The monoisotopic (exact) mass is 264 g/mol. The molecule has 1 amide bonds. The second-order valence-electron chi connectivity index (χ2n) is 3.91. The molecule has 0 fully saturated rings. The largest absolute Gasteiger partial charge is 0.396 e. The van der Waals surface area contributed by atoms with Gasteiger partial charge in [0.2, 0.25) is 5.91 Å². The van der Waals surface area contributed by atoms with E-state index >= 15 is 0 Å². The Balaban J connectivity index is 1.95. The Labute approximate surface area is 108 Å². The van der Waals surface area contributed by atoms with Gasteiger partial charge in [0, 0.05) is 19.2 Å². The molecule has 100 valence electrons. The summed E-state index contributed by atoms with van der Waals surface area (Å²) in [6.07, 6.45) is 1.95. The van der Waals surface area contributed by atoms with Gasteiger partial charge in [0.05, 0.1) is 11.4 Å². The molecule has 0 atom stereocenters. The zero-order valence-corrected chi connectivity index (χ0v) is 10.1. The van der Waals surface area contributed by atoms with E-state index in [1.54, 1.807) is 18.3 Å². The van der Waals surface area contributed by atoms with Crippen LogP contribution in [0.3, 0.4) is 0 Å². The van der Waals surface area contributed by atoms with Crippen molar-refractivity contribution in [3.05, 3.63) is 42.0 Å². The van der Waals surface area contributed by atoms with Crippen LogP contribution in [0.2, 0.25) is 0 Å². The van der Waals surface area contributed by atoms with Crippen molar-refractivity contribution in [1.29, 1.82) is 0 Å². The number of hydrogen-bond acceptors (Lipinski definition) is 4. The minimum absolute atomic E-state index is 0.0277. The summed E-state index contributed by atoms with van der Waals surface area (Å²) in [7, 11) is 0. The highest BCUT2D eigenvalue weighted by Crippen LogP contribution is 2.12. The minimum Gasteiger partial charge on any atom is -0.396 e. The van der Waals surface area contributed by atoms with Crippen molar-refractivity contribution < 1.29 is 14.3 Å². The van der Waals surface area contributed by atoms with E-state index in [0.717, 1.165) is 0 Å². The number of benzene rings is 1. The first-order valence-corrected chi connectivity index (χ1v) is 5.73. The molecular weight excluding hydrogens is 251 g/mol. The third-order valence-electron chi connectivity index (χ3n) is 2.41. The van der Waals surface area contributed by atoms with Crippen molar-refractivity contribution in [2.75, 3.05) is 11.9 Å². The molecule has 6 nitrogen and oxygen atoms in total. The topological polar surface area (TPSA) is 80.0 Å². The van der Waals surface area contributed by atoms with Gasteiger partial charge in [0.25, 0.3) is 0 Å². The van der Waals surface area contributed by atoms with Gasteiger partial charge in [-0.1, -0.05) is 17.3 Å². The number of anilines is 1. The molecule has 0 saturated heterocycles. The number of aliphatic hydroxyl groups excluding tert-OH is 1. The van der Waals surface area contributed by atoms with Crippen LogP contribution in [0.1, 0.15) is 5.69 Å². The zero-order chi connectivity index (χ0) is 13.7. The first kappa shape index (κ1) is 13.2. The summed E-state index contributed by atoms with van der Waals surface area (Å²) in [5.74, 6) is -0.888. The Morgan fingerprint density at radius 1 is 1.42 bits per heavy atom. The van der Waals surface area contributed by atoms with Crippen LogP contribution in [0.5, 0.6) is 0 Å². The van der Waals surface area contributed by atoms with E-state index in [1.165, 1.54) is 16.8 Å². The van der Waals surface area contributed by atoms with Crippen LogP contribution in [0.25, 0.3) is 0 Å². The van der Waals surface area contributed by atoms with Crippen molar-refractivity contribution in [3.8, 4) is 0 Å². The molecule has 0 aliphatic carbocycles. The Morgan fingerprint density at radius 3 is 2.95 bits per heavy atom. The minimum atomic E-state index is -0.490. The van der Waals surface area contributed by atoms with Gasteiger partial charge in [-0.2, -0.15) is 0 Å². The van der Waals surface area contributed by atoms with Crippen LogP contribution in [0, 0.1) is 5.82 Å². The third kappa shape index (κ3) is 3.59. The standard InChI is InChI=1S/C12H13FN4O2/c13-10-3-1-2-4-11(10)14-12(19)8-17-7-9(5-6-18)15-16-17/h1-4,7,18H,5-6,8H2,(H,14,19). The number of halogens is 1. The van der Waals surface area contributed by atoms with Crippen molar-refractivity contribution in [3.63, 3.8) is 0 Å². The lowest BCUT2D eigenvalue weighted by Crippen LogP contribution is -2.19. The number of rotatable bonds is 5. The zero-order valence-electron chi connectivity index (χ0n) is 10.1. The van der Waals surface area contributed by atoms with Crippen molar-refractivity contribution in [2.45, 2.75) is 13.0 Å². The van der Waals surface area contributed by atoms with E-state index in [4.69, 9.17) is 5.11 Å². The first-order valence-electron chi connectivity index (χ1n) is 5.73. The molecule has 2 rings (SSSR count). The molecule has 1 aromatic carbocycles. The second-order valence-corrected chi connectivity index (χ2v) is 3.91. The second kappa shape index (κ2) is 6.05. The number of nitrogens with one attached hydrogen (secondary N) is 1. The Bertz CT molecular complexity index is 570. The highest BCUT2D eigenvalue weighted by molar-refractivity contribution is 5.90. The lowest BCUT2D eigenvalue weighted by Gasteiger charge is -2.05. The van der Waals surface area contributed by atoms with Gasteiger partial charge < -0.3 is 10.4 Å². The van der Waals surface area contributed by atoms with Gasteiger partial charge in [-0.3, -0.25) is 4.79 Å². The molecule has 1 aromatic heterocycles. The average Bonchev–Trinajstić information content (AvgIpc) is 2.80. The third-order valence-corrected chi connectivity index (χ3v) is 2.41. The fourth-order valence-corrected chi connectivity index (χ4v) is 1.54. The van der Waals surface area contributed by atoms with Crippen LogP contribution in [0.15, 0.2) is 30.5 Å². The molecule has 0 unspecified atom stereocenters. The maximum Gasteiger partial charge on any atom is 0.246 e. The number of hydrogen-bond donors (Lipinski definition) is 2.